The van der Waals surface area contributed by atoms with E-state index in [1.54, 1.807) is 12.0 Å². The van der Waals surface area contributed by atoms with Crippen molar-refractivity contribution < 1.29 is 14.3 Å². The van der Waals surface area contributed by atoms with Crippen LogP contribution in [0.4, 0.5) is 10.8 Å². The predicted octanol–water partition coefficient (Wildman–Crippen LogP) is 5.80. The standard InChI is InChI=1S/C27H27N3O3S/c1-4-19-9-13-21(14-10-19)30(27-29-23-7-5-6-8-25(23)34-27)26(32)17-24(28-18(2)31)20-11-15-22(33-3)16-12-20/h5-16,24H,4,17H2,1-3H3,(H,28,31). The van der Waals surface area contributed by atoms with E-state index in [4.69, 9.17) is 9.72 Å². The molecule has 0 aliphatic heterocycles. The van der Waals surface area contributed by atoms with Crippen LogP contribution in [0.3, 0.4) is 0 Å². The van der Waals surface area contributed by atoms with Gasteiger partial charge >= 0.3 is 0 Å². The maximum absolute atomic E-state index is 13.8. The lowest BCUT2D eigenvalue weighted by Gasteiger charge is -2.24. The number of para-hydroxylation sites is 1. The van der Waals surface area contributed by atoms with E-state index in [0.717, 1.165) is 27.9 Å². The Morgan fingerprint density at radius 3 is 2.35 bits per heavy atom. The van der Waals surface area contributed by atoms with Crippen LogP contribution in [0.25, 0.3) is 10.2 Å². The summed E-state index contributed by atoms with van der Waals surface area (Å²) in [6.07, 6.45) is 0.995. The summed E-state index contributed by atoms with van der Waals surface area (Å²) in [6, 6.07) is 22.7. The molecular formula is C27H27N3O3S. The third-order valence-corrected chi connectivity index (χ3v) is 6.62. The van der Waals surface area contributed by atoms with Crippen LogP contribution in [0, 0.1) is 0 Å². The van der Waals surface area contributed by atoms with Crippen LogP contribution in [0.5, 0.6) is 5.75 Å². The molecule has 0 spiro atoms. The quantitative estimate of drug-likeness (QED) is 0.351. The molecule has 6 nitrogen and oxygen atoms in total. The number of benzene rings is 3. The third-order valence-electron chi connectivity index (χ3n) is 5.60. The molecule has 0 saturated carbocycles. The number of aromatic nitrogens is 1. The zero-order chi connectivity index (χ0) is 24.1. The van der Waals surface area contributed by atoms with Gasteiger partial charge in [0.15, 0.2) is 5.13 Å². The average molecular weight is 474 g/mol. The van der Waals surface area contributed by atoms with E-state index in [1.807, 2.05) is 72.8 Å². The Balaban J connectivity index is 1.70. The molecule has 1 aromatic heterocycles. The van der Waals surface area contributed by atoms with Gasteiger partial charge in [0.2, 0.25) is 11.8 Å². The fourth-order valence-corrected chi connectivity index (χ4v) is 4.80. The van der Waals surface area contributed by atoms with E-state index in [0.29, 0.717) is 10.9 Å². The summed E-state index contributed by atoms with van der Waals surface area (Å²) in [6.45, 7) is 3.55. The minimum Gasteiger partial charge on any atom is -0.497 e. The Kier molecular flexibility index (Phi) is 7.23. The van der Waals surface area contributed by atoms with E-state index < -0.39 is 6.04 Å². The fraction of sp³-hybridized carbons (Fsp3) is 0.222. The number of carbonyl (C=O) groups is 2. The highest BCUT2D eigenvalue weighted by Crippen LogP contribution is 2.35. The summed E-state index contributed by atoms with van der Waals surface area (Å²) in [5.74, 6) is 0.356. The van der Waals surface area contributed by atoms with Crippen molar-refractivity contribution >= 4 is 44.2 Å². The van der Waals surface area contributed by atoms with Crippen LogP contribution in [-0.2, 0) is 16.0 Å². The summed E-state index contributed by atoms with van der Waals surface area (Å²) < 4.78 is 6.25. The largest absolute Gasteiger partial charge is 0.497 e. The van der Waals surface area contributed by atoms with Crippen molar-refractivity contribution in [1.29, 1.82) is 0 Å². The monoisotopic (exact) mass is 473 g/mol. The minimum atomic E-state index is -0.484. The molecule has 1 unspecified atom stereocenters. The molecule has 0 aliphatic rings. The highest BCUT2D eigenvalue weighted by molar-refractivity contribution is 7.22. The van der Waals surface area contributed by atoms with Crippen molar-refractivity contribution in [1.82, 2.24) is 10.3 Å². The fourth-order valence-electron chi connectivity index (χ4n) is 3.80. The molecule has 1 N–H and O–H groups in total. The number of nitrogens with one attached hydrogen (secondary N) is 1. The number of carbonyl (C=O) groups excluding carboxylic acids is 2. The Labute approximate surface area is 203 Å². The highest BCUT2D eigenvalue weighted by atomic mass is 32.1. The highest BCUT2D eigenvalue weighted by Gasteiger charge is 2.26. The van der Waals surface area contributed by atoms with Gasteiger partial charge < -0.3 is 10.1 Å². The zero-order valence-corrected chi connectivity index (χ0v) is 20.3. The van der Waals surface area contributed by atoms with Gasteiger partial charge in [0.1, 0.15) is 5.75 Å². The normalized spacial score (nSPS) is 11.7. The molecule has 0 bridgehead atoms. The molecule has 34 heavy (non-hydrogen) atoms. The van der Waals surface area contributed by atoms with Gasteiger partial charge in [-0.15, -0.1) is 0 Å². The summed E-state index contributed by atoms with van der Waals surface area (Å²) in [5, 5.41) is 3.53. The van der Waals surface area contributed by atoms with Gasteiger partial charge in [-0.2, -0.15) is 0 Å². The second kappa shape index (κ2) is 10.5. The van der Waals surface area contributed by atoms with Gasteiger partial charge in [-0.1, -0.05) is 54.7 Å². The van der Waals surface area contributed by atoms with E-state index in [-0.39, 0.29) is 18.2 Å². The number of methoxy groups -OCH3 is 1. The maximum atomic E-state index is 13.8. The number of amides is 2. The van der Waals surface area contributed by atoms with E-state index in [9.17, 15) is 9.59 Å². The number of aryl methyl sites for hydroxylation is 1. The van der Waals surface area contributed by atoms with Gasteiger partial charge in [-0.25, -0.2) is 4.98 Å². The second-order valence-corrected chi connectivity index (χ2v) is 8.95. The second-order valence-electron chi connectivity index (χ2n) is 7.94. The number of fused-ring (bicyclic) bond motifs is 1. The molecule has 0 aliphatic carbocycles. The van der Waals surface area contributed by atoms with Crippen LogP contribution < -0.4 is 15.0 Å². The number of hydrogen-bond donors (Lipinski definition) is 1. The predicted molar refractivity (Wildman–Crippen MR) is 137 cm³/mol. The van der Waals surface area contributed by atoms with Gasteiger partial charge in [0.25, 0.3) is 0 Å². The lowest BCUT2D eigenvalue weighted by molar-refractivity contribution is -0.121. The number of anilines is 2. The molecule has 0 radical (unpaired) electrons. The molecule has 2 amide bonds. The first-order valence-corrected chi connectivity index (χ1v) is 12.0. The lowest BCUT2D eigenvalue weighted by Crippen LogP contribution is -2.33. The summed E-state index contributed by atoms with van der Waals surface area (Å²) in [4.78, 5) is 32.1. The number of ether oxygens (including phenoxy) is 1. The van der Waals surface area contributed by atoms with Gasteiger partial charge in [0.05, 0.1) is 35.5 Å². The van der Waals surface area contributed by atoms with Crippen molar-refractivity contribution in [3.63, 3.8) is 0 Å². The minimum absolute atomic E-state index is 0.0807. The first-order chi connectivity index (χ1) is 16.5. The summed E-state index contributed by atoms with van der Waals surface area (Å²) in [7, 11) is 1.60. The lowest BCUT2D eigenvalue weighted by atomic mass is 10.0. The van der Waals surface area contributed by atoms with Crippen LogP contribution >= 0.6 is 11.3 Å². The molecule has 4 rings (SSSR count). The number of thiazole rings is 1. The van der Waals surface area contributed by atoms with Crippen molar-refractivity contribution in [3.05, 3.63) is 83.9 Å². The average Bonchev–Trinajstić information content (AvgIpc) is 3.27. The van der Waals surface area contributed by atoms with Gasteiger partial charge in [0, 0.05) is 6.92 Å². The molecule has 1 heterocycles. The van der Waals surface area contributed by atoms with Gasteiger partial charge in [-0.3, -0.25) is 14.5 Å². The van der Waals surface area contributed by atoms with E-state index >= 15 is 0 Å². The summed E-state index contributed by atoms with van der Waals surface area (Å²) >= 11 is 1.47. The van der Waals surface area contributed by atoms with E-state index in [2.05, 4.69) is 12.2 Å². The van der Waals surface area contributed by atoms with E-state index in [1.165, 1.54) is 23.8 Å². The van der Waals surface area contributed by atoms with Crippen LogP contribution in [-0.4, -0.2) is 23.9 Å². The van der Waals surface area contributed by atoms with Crippen LogP contribution in [0.1, 0.15) is 37.4 Å². The van der Waals surface area contributed by atoms with Crippen molar-refractivity contribution in [2.75, 3.05) is 12.0 Å². The van der Waals surface area contributed by atoms with Crippen LogP contribution in [0.15, 0.2) is 72.8 Å². The first-order valence-electron chi connectivity index (χ1n) is 11.2. The zero-order valence-electron chi connectivity index (χ0n) is 19.4. The van der Waals surface area contributed by atoms with Crippen molar-refractivity contribution in [2.45, 2.75) is 32.7 Å². The van der Waals surface area contributed by atoms with Crippen molar-refractivity contribution in [3.8, 4) is 5.75 Å². The number of rotatable bonds is 8. The third kappa shape index (κ3) is 5.26. The molecule has 0 saturated heterocycles. The number of hydrogen-bond acceptors (Lipinski definition) is 5. The smallest absolute Gasteiger partial charge is 0.235 e. The SMILES string of the molecule is CCc1ccc(N(C(=O)CC(NC(C)=O)c2ccc(OC)cc2)c2nc3ccccc3s2)cc1. The molecule has 7 heteroatoms. The Bertz CT molecular complexity index is 1250. The molecule has 0 fully saturated rings. The molecule has 1 atom stereocenters. The number of nitrogens with zero attached hydrogens (tertiary/aromatic N) is 2. The molecular weight excluding hydrogens is 446 g/mol. The maximum Gasteiger partial charge on any atom is 0.235 e. The molecule has 174 valence electrons. The Morgan fingerprint density at radius 1 is 1.03 bits per heavy atom. The summed E-state index contributed by atoms with van der Waals surface area (Å²) in [5.41, 5.74) is 3.61. The molecule has 4 aromatic rings. The van der Waals surface area contributed by atoms with Crippen LogP contribution in [0.2, 0.25) is 0 Å². The topological polar surface area (TPSA) is 71.5 Å². The first kappa shape index (κ1) is 23.4. The molecule has 3 aromatic carbocycles. The van der Waals surface area contributed by atoms with Gasteiger partial charge in [-0.05, 0) is 53.9 Å². The Morgan fingerprint density at radius 2 is 1.74 bits per heavy atom. The van der Waals surface area contributed by atoms with Crippen molar-refractivity contribution in [2.24, 2.45) is 0 Å². The Hall–Kier alpha value is -3.71.